The molecule has 1 amide bonds. The van der Waals surface area contributed by atoms with Gasteiger partial charge in [0.05, 0.1) is 25.4 Å². The van der Waals surface area contributed by atoms with Crippen molar-refractivity contribution >= 4 is 11.9 Å². The number of carbonyl (C=O) groups excluding carboxylic acids is 2. The predicted octanol–water partition coefficient (Wildman–Crippen LogP) is 25.0. The van der Waals surface area contributed by atoms with Gasteiger partial charge in [0.2, 0.25) is 5.91 Å². The number of carbonyl (C=O) groups is 2. The first-order valence-electron chi connectivity index (χ1n) is 38.2. The van der Waals surface area contributed by atoms with Gasteiger partial charge in [0.15, 0.2) is 0 Å². The van der Waals surface area contributed by atoms with Gasteiger partial charge in [-0.1, -0.05) is 365 Å². The molecule has 0 saturated heterocycles. The summed E-state index contributed by atoms with van der Waals surface area (Å²) in [6.45, 7) is 4.99. The highest BCUT2D eigenvalue weighted by Crippen LogP contribution is 2.19. The van der Waals surface area contributed by atoms with Crippen LogP contribution in [0.5, 0.6) is 0 Å². The molecule has 0 aliphatic rings. The van der Waals surface area contributed by atoms with E-state index < -0.39 is 12.1 Å². The lowest BCUT2D eigenvalue weighted by atomic mass is 10.0. The average molecular weight is 1180 g/mol. The number of aliphatic hydroxyl groups is 2. The molecule has 0 bridgehead atoms. The number of unbranched alkanes of at least 4 members (excludes halogenated alkanes) is 55. The van der Waals surface area contributed by atoms with Gasteiger partial charge in [-0.25, -0.2) is 0 Å². The Morgan fingerprint density at radius 2 is 0.595 bits per heavy atom. The zero-order valence-corrected chi connectivity index (χ0v) is 56.9. The molecule has 84 heavy (non-hydrogen) atoms. The van der Waals surface area contributed by atoms with Crippen LogP contribution in [0.25, 0.3) is 0 Å². The topological polar surface area (TPSA) is 95.9 Å². The van der Waals surface area contributed by atoms with Gasteiger partial charge in [0, 0.05) is 12.8 Å². The largest absolute Gasteiger partial charge is 0.466 e. The molecule has 0 fully saturated rings. The molecule has 0 aromatic rings. The molecule has 6 nitrogen and oxygen atoms in total. The zero-order valence-electron chi connectivity index (χ0n) is 56.9. The van der Waals surface area contributed by atoms with E-state index in [4.69, 9.17) is 4.74 Å². The molecule has 496 valence electrons. The van der Waals surface area contributed by atoms with Crippen molar-refractivity contribution in [1.29, 1.82) is 0 Å². The fourth-order valence-electron chi connectivity index (χ4n) is 12.1. The number of esters is 1. The molecule has 2 atom stereocenters. The van der Waals surface area contributed by atoms with Crippen LogP contribution in [0.1, 0.15) is 425 Å². The van der Waals surface area contributed by atoms with Crippen LogP contribution in [-0.2, 0) is 14.3 Å². The maximum atomic E-state index is 12.5. The van der Waals surface area contributed by atoms with Crippen LogP contribution in [-0.4, -0.2) is 47.4 Å². The average Bonchev–Trinajstić information content (AvgIpc) is 3.51. The van der Waals surface area contributed by atoms with Crippen LogP contribution in [0.15, 0.2) is 36.5 Å². The van der Waals surface area contributed by atoms with E-state index in [9.17, 15) is 19.8 Å². The number of aliphatic hydroxyl groups excluding tert-OH is 2. The monoisotopic (exact) mass is 1180 g/mol. The number of amides is 1. The Kier molecular flexibility index (Phi) is 71.9. The van der Waals surface area contributed by atoms with Gasteiger partial charge in [-0.2, -0.15) is 0 Å². The number of allylic oxidation sites excluding steroid dienone is 6. The fraction of sp³-hybridized carbons (Fsp3) is 0.897. The molecule has 3 N–H and O–H groups in total. The molecule has 0 saturated carbocycles. The summed E-state index contributed by atoms with van der Waals surface area (Å²) in [6, 6.07) is -0.543. The SMILES string of the molecule is CCCCCCCC/C=C\CCCCCCCCCCCC(=O)OCCCCCCCCCCC/C=C\C/C=C\CCCCCCCCCCCCCCCC(=O)NC(CO)C(O)CCCCCCCCCCCCCCCCCCCCC. The number of rotatable bonds is 72. The van der Waals surface area contributed by atoms with Crippen molar-refractivity contribution < 1.29 is 24.5 Å². The number of hydrogen-bond donors (Lipinski definition) is 3. The minimum Gasteiger partial charge on any atom is -0.466 e. The third kappa shape index (κ3) is 69.2. The number of nitrogens with one attached hydrogen (secondary N) is 1. The molecule has 0 aromatic carbocycles. The summed E-state index contributed by atoms with van der Waals surface area (Å²) in [4.78, 5) is 24.7. The summed E-state index contributed by atoms with van der Waals surface area (Å²) in [6.07, 6.45) is 95.0. The van der Waals surface area contributed by atoms with E-state index in [1.165, 1.54) is 340 Å². The molecule has 0 aliphatic carbocycles. The maximum Gasteiger partial charge on any atom is 0.305 e. The summed E-state index contributed by atoms with van der Waals surface area (Å²) < 4.78 is 5.51. The van der Waals surface area contributed by atoms with Crippen molar-refractivity contribution in [3.63, 3.8) is 0 Å². The molecule has 6 heteroatoms. The van der Waals surface area contributed by atoms with E-state index in [0.717, 1.165) is 51.4 Å². The number of hydrogen-bond acceptors (Lipinski definition) is 5. The van der Waals surface area contributed by atoms with Crippen LogP contribution < -0.4 is 5.32 Å². The van der Waals surface area contributed by atoms with Crippen molar-refractivity contribution in [2.24, 2.45) is 0 Å². The quantitative estimate of drug-likeness (QED) is 0.0320. The molecule has 0 aromatic heterocycles. The lowest BCUT2D eigenvalue weighted by Crippen LogP contribution is -2.45. The molecule has 0 aliphatic heterocycles. The molecule has 0 spiro atoms. The minimum atomic E-state index is -0.666. The molecule has 2 unspecified atom stereocenters. The molecular formula is C78H149NO5. The molecule has 0 rings (SSSR count). The van der Waals surface area contributed by atoms with E-state index in [2.05, 4.69) is 55.6 Å². The van der Waals surface area contributed by atoms with E-state index in [1.807, 2.05) is 0 Å². The first kappa shape index (κ1) is 82.1. The zero-order chi connectivity index (χ0) is 60.6. The van der Waals surface area contributed by atoms with Crippen LogP contribution in [0.3, 0.4) is 0 Å². The molecular weight excluding hydrogens is 1030 g/mol. The van der Waals surface area contributed by atoms with Crippen molar-refractivity contribution in [1.82, 2.24) is 5.32 Å². The summed E-state index contributed by atoms with van der Waals surface area (Å²) in [5.41, 5.74) is 0. The van der Waals surface area contributed by atoms with Gasteiger partial charge in [0.25, 0.3) is 0 Å². The van der Waals surface area contributed by atoms with E-state index >= 15 is 0 Å². The normalized spacial score (nSPS) is 12.7. The predicted molar refractivity (Wildman–Crippen MR) is 370 cm³/mol. The Morgan fingerprint density at radius 3 is 0.917 bits per heavy atom. The summed E-state index contributed by atoms with van der Waals surface area (Å²) in [5.74, 6) is -0.0196. The second-order valence-electron chi connectivity index (χ2n) is 26.3. The number of ether oxygens (including phenoxy) is 1. The smallest absolute Gasteiger partial charge is 0.305 e. The highest BCUT2D eigenvalue weighted by Gasteiger charge is 2.20. The van der Waals surface area contributed by atoms with Gasteiger partial charge in [-0.05, 0) is 83.5 Å². The standard InChI is InChI=1S/C78H149NO5/c1-3-5-7-9-11-13-15-17-19-21-34-38-42-46-50-54-58-62-66-70-76(81)75(74-80)79-77(82)71-67-63-59-55-51-47-43-39-36-32-30-28-26-24-23-25-27-29-31-33-37-41-45-49-53-57-61-65-69-73-84-78(83)72-68-64-60-56-52-48-44-40-35-22-20-18-16-14-12-10-8-6-4-2/h18,20,23,25,29,31,75-76,80-81H,3-17,19,21-22,24,26-28,30,32-74H2,1-2H3,(H,79,82)/b20-18-,25-23-,31-29-. The van der Waals surface area contributed by atoms with Crippen molar-refractivity contribution in [3.8, 4) is 0 Å². The Hall–Kier alpha value is -1.92. The first-order chi connectivity index (χ1) is 41.5. The molecule has 0 radical (unpaired) electrons. The van der Waals surface area contributed by atoms with E-state index in [1.54, 1.807) is 0 Å². The van der Waals surface area contributed by atoms with Crippen LogP contribution in [0, 0.1) is 0 Å². The maximum absolute atomic E-state index is 12.5. The fourth-order valence-corrected chi connectivity index (χ4v) is 12.1. The van der Waals surface area contributed by atoms with Gasteiger partial charge >= 0.3 is 5.97 Å². The highest BCUT2D eigenvalue weighted by molar-refractivity contribution is 5.76. The highest BCUT2D eigenvalue weighted by atomic mass is 16.5. The van der Waals surface area contributed by atoms with Crippen molar-refractivity contribution in [2.75, 3.05) is 13.2 Å². The van der Waals surface area contributed by atoms with E-state index in [0.29, 0.717) is 25.9 Å². The summed E-state index contributed by atoms with van der Waals surface area (Å²) in [5, 5.41) is 23.4. The van der Waals surface area contributed by atoms with Crippen LogP contribution in [0.2, 0.25) is 0 Å². The van der Waals surface area contributed by atoms with Crippen LogP contribution >= 0.6 is 0 Å². The Balaban J connectivity index is 3.39. The lowest BCUT2D eigenvalue weighted by Gasteiger charge is -2.22. The Morgan fingerprint density at radius 1 is 0.333 bits per heavy atom. The Bertz CT molecular complexity index is 1360. The van der Waals surface area contributed by atoms with E-state index in [-0.39, 0.29) is 18.5 Å². The van der Waals surface area contributed by atoms with Crippen molar-refractivity contribution in [3.05, 3.63) is 36.5 Å². The lowest BCUT2D eigenvalue weighted by molar-refractivity contribution is -0.143. The van der Waals surface area contributed by atoms with Crippen LogP contribution in [0.4, 0.5) is 0 Å². The third-order valence-corrected chi connectivity index (χ3v) is 17.9. The minimum absolute atomic E-state index is 0.0124. The summed E-state index contributed by atoms with van der Waals surface area (Å²) >= 11 is 0. The Labute approximate surface area is 525 Å². The second kappa shape index (κ2) is 73.5. The summed E-state index contributed by atoms with van der Waals surface area (Å²) in [7, 11) is 0. The molecule has 0 heterocycles. The van der Waals surface area contributed by atoms with Gasteiger partial charge in [-0.3, -0.25) is 9.59 Å². The van der Waals surface area contributed by atoms with Gasteiger partial charge < -0.3 is 20.3 Å². The van der Waals surface area contributed by atoms with Crippen molar-refractivity contribution in [2.45, 2.75) is 437 Å². The first-order valence-corrected chi connectivity index (χ1v) is 38.2. The van der Waals surface area contributed by atoms with Gasteiger partial charge in [0.1, 0.15) is 0 Å². The third-order valence-electron chi connectivity index (χ3n) is 17.9. The second-order valence-corrected chi connectivity index (χ2v) is 26.3. The van der Waals surface area contributed by atoms with Gasteiger partial charge in [-0.15, -0.1) is 0 Å².